The molecule has 1 aromatic carbocycles. The van der Waals surface area contributed by atoms with Crippen molar-refractivity contribution >= 4 is 43.7 Å². The Morgan fingerprint density at radius 3 is 2.56 bits per heavy atom. The molecule has 0 saturated heterocycles. The van der Waals surface area contributed by atoms with Crippen LogP contribution in [0.5, 0.6) is 0 Å². The summed E-state index contributed by atoms with van der Waals surface area (Å²) in [5.41, 5.74) is 1.19. The lowest BCUT2D eigenvalue weighted by atomic mass is 10.2. The summed E-state index contributed by atoms with van der Waals surface area (Å²) in [6, 6.07) is 9.61. The summed E-state index contributed by atoms with van der Waals surface area (Å²) < 4.78 is 27.1. The molecule has 1 amide bonds. The first kappa shape index (κ1) is 19.7. The average molecular weight is 422 g/mol. The molecule has 0 spiro atoms. The molecule has 0 aliphatic heterocycles. The van der Waals surface area contributed by atoms with E-state index in [0.29, 0.717) is 17.1 Å². The molecule has 2 heterocycles. The average Bonchev–Trinajstić information content (AvgIpc) is 3.33. The quantitative estimate of drug-likeness (QED) is 0.598. The van der Waals surface area contributed by atoms with E-state index in [2.05, 4.69) is 15.0 Å². The van der Waals surface area contributed by atoms with Crippen LogP contribution in [0.4, 0.5) is 5.13 Å². The molecule has 0 aliphatic rings. The van der Waals surface area contributed by atoms with Gasteiger partial charge < -0.3 is 0 Å². The van der Waals surface area contributed by atoms with E-state index in [9.17, 15) is 13.2 Å². The number of carbonyl (C=O) groups is 1. The Morgan fingerprint density at radius 1 is 1.19 bits per heavy atom. The summed E-state index contributed by atoms with van der Waals surface area (Å²) in [7, 11) is -3.59. The van der Waals surface area contributed by atoms with Gasteiger partial charge in [0.15, 0.2) is 5.13 Å². The predicted molar refractivity (Wildman–Crippen MR) is 110 cm³/mol. The number of rotatable bonds is 7. The third kappa shape index (κ3) is 4.81. The third-order valence-corrected chi connectivity index (χ3v) is 7.15. The monoisotopic (exact) mass is 421 g/mol. The van der Waals surface area contributed by atoms with Gasteiger partial charge in [-0.1, -0.05) is 13.0 Å². The molecule has 6 nitrogen and oxygen atoms in total. The first-order valence-corrected chi connectivity index (χ1v) is 11.6. The maximum atomic E-state index is 12.4. The van der Waals surface area contributed by atoms with Gasteiger partial charge in [-0.3, -0.25) is 10.1 Å². The molecule has 0 radical (unpaired) electrons. The van der Waals surface area contributed by atoms with E-state index in [0.717, 1.165) is 10.6 Å². The fourth-order valence-electron chi connectivity index (χ4n) is 2.24. The van der Waals surface area contributed by atoms with E-state index in [1.165, 1.54) is 35.6 Å². The molecule has 27 heavy (non-hydrogen) atoms. The van der Waals surface area contributed by atoms with E-state index in [-0.39, 0.29) is 16.8 Å². The van der Waals surface area contributed by atoms with E-state index in [1.807, 2.05) is 29.8 Å². The van der Waals surface area contributed by atoms with Crippen LogP contribution in [0, 0.1) is 0 Å². The van der Waals surface area contributed by atoms with Gasteiger partial charge in [-0.25, -0.2) is 18.1 Å². The minimum atomic E-state index is -3.59. The molecule has 9 heteroatoms. The van der Waals surface area contributed by atoms with E-state index in [4.69, 9.17) is 0 Å². The summed E-state index contributed by atoms with van der Waals surface area (Å²) in [5.74, 6) is -0.332. The number of thiazole rings is 1. The zero-order chi connectivity index (χ0) is 19.4. The molecule has 142 valence electrons. The van der Waals surface area contributed by atoms with Crippen LogP contribution in [-0.2, 0) is 10.0 Å². The Labute approximate surface area is 166 Å². The highest BCUT2D eigenvalue weighted by Crippen LogP contribution is 2.28. The zero-order valence-electron chi connectivity index (χ0n) is 14.8. The fourth-order valence-corrected chi connectivity index (χ4v) is 5.03. The second kappa shape index (κ2) is 8.30. The molecule has 0 fully saturated rings. The van der Waals surface area contributed by atoms with Crippen molar-refractivity contribution in [3.8, 4) is 10.6 Å². The lowest BCUT2D eigenvalue weighted by Crippen LogP contribution is -2.32. The van der Waals surface area contributed by atoms with E-state index >= 15 is 0 Å². The highest BCUT2D eigenvalue weighted by atomic mass is 32.2. The normalized spacial score (nSPS) is 12.7. The summed E-state index contributed by atoms with van der Waals surface area (Å²) >= 11 is 2.93. The van der Waals surface area contributed by atoms with Crippen molar-refractivity contribution in [2.45, 2.75) is 31.2 Å². The van der Waals surface area contributed by atoms with Crippen LogP contribution in [0.1, 0.15) is 30.6 Å². The van der Waals surface area contributed by atoms with Gasteiger partial charge in [0.25, 0.3) is 5.91 Å². The number of nitrogens with one attached hydrogen (secondary N) is 2. The third-order valence-electron chi connectivity index (χ3n) is 3.89. The molecule has 0 saturated carbocycles. The molecule has 1 unspecified atom stereocenters. The molecule has 1 atom stereocenters. The number of aromatic nitrogens is 1. The Bertz CT molecular complexity index is 1010. The number of amides is 1. The van der Waals surface area contributed by atoms with Gasteiger partial charge in [0.2, 0.25) is 10.0 Å². The van der Waals surface area contributed by atoms with Crippen LogP contribution in [0.3, 0.4) is 0 Å². The van der Waals surface area contributed by atoms with Crippen molar-refractivity contribution in [2.24, 2.45) is 0 Å². The number of carbonyl (C=O) groups excluding carboxylic acids is 1. The molecular formula is C18H19N3O3S3. The predicted octanol–water partition coefficient (Wildman–Crippen LogP) is 4.20. The Balaban J connectivity index is 1.69. The Morgan fingerprint density at radius 2 is 1.93 bits per heavy atom. The van der Waals surface area contributed by atoms with Gasteiger partial charge in [0.1, 0.15) is 0 Å². The van der Waals surface area contributed by atoms with Crippen molar-refractivity contribution in [3.63, 3.8) is 0 Å². The van der Waals surface area contributed by atoms with Crippen LogP contribution in [0.2, 0.25) is 0 Å². The van der Waals surface area contributed by atoms with Crippen LogP contribution < -0.4 is 10.0 Å². The summed E-state index contributed by atoms with van der Waals surface area (Å²) in [5, 5.41) is 7.10. The molecule has 2 aromatic heterocycles. The lowest BCUT2D eigenvalue weighted by Gasteiger charge is -2.12. The molecule has 3 rings (SSSR count). The van der Waals surface area contributed by atoms with Crippen LogP contribution in [0.15, 0.2) is 52.1 Å². The largest absolute Gasteiger partial charge is 0.298 e. The minimum Gasteiger partial charge on any atom is -0.298 e. The lowest BCUT2D eigenvalue weighted by molar-refractivity contribution is 0.102. The van der Waals surface area contributed by atoms with Crippen LogP contribution in [-0.4, -0.2) is 25.4 Å². The maximum absolute atomic E-state index is 12.4. The topological polar surface area (TPSA) is 88.2 Å². The highest BCUT2D eigenvalue weighted by Gasteiger charge is 2.17. The van der Waals surface area contributed by atoms with Gasteiger partial charge in [0, 0.05) is 17.0 Å². The summed E-state index contributed by atoms with van der Waals surface area (Å²) in [6.45, 7) is 3.71. The van der Waals surface area contributed by atoms with E-state index in [1.54, 1.807) is 18.3 Å². The number of benzene rings is 1. The van der Waals surface area contributed by atoms with Gasteiger partial charge in [0.05, 0.1) is 15.5 Å². The van der Waals surface area contributed by atoms with Crippen molar-refractivity contribution in [3.05, 3.63) is 52.7 Å². The molecule has 0 aliphatic carbocycles. The minimum absolute atomic E-state index is 0.133. The Hall–Kier alpha value is -2.07. The first-order chi connectivity index (χ1) is 12.9. The maximum Gasteiger partial charge on any atom is 0.257 e. The number of nitrogens with zero attached hydrogens (tertiary/aromatic N) is 1. The van der Waals surface area contributed by atoms with Crippen molar-refractivity contribution in [2.75, 3.05) is 5.32 Å². The van der Waals surface area contributed by atoms with Crippen LogP contribution in [0.25, 0.3) is 10.6 Å². The molecule has 3 aromatic rings. The second-order valence-corrected chi connectivity index (χ2v) is 9.44. The number of anilines is 1. The van der Waals surface area contributed by atoms with Gasteiger partial charge in [-0.05, 0) is 49.1 Å². The standard InChI is InChI=1S/C18H19N3O3S3/c1-3-12(2)21-27(23,24)14-8-6-13(7-9-14)17(22)20-18-19-15(11-26-18)16-5-4-10-25-16/h4-12,21H,3H2,1-2H3,(H,19,20,22). The smallest absolute Gasteiger partial charge is 0.257 e. The number of sulfonamides is 1. The Kier molecular flexibility index (Phi) is 6.05. The SMILES string of the molecule is CCC(C)NS(=O)(=O)c1ccc(C(=O)Nc2nc(-c3cccs3)cs2)cc1. The van der Waals surface area contributed by atoms with Gasteiger partial charge >= 0.3 is 0 Å². The van der Waals surface area contributed by atoms with Gasteiger partial charge in [-0.2, -0.15) is 0 Å². The first-order valence-electron chi connectivity index (χ1n) is 8.32. The molecule has 0 bridgehead atoms. The summed E-state index contributed by atoms with van der Waals surface area (Å²) in [4.78, 5) is 18.0. The number of hydrogen-bond donors (Lipinski definition) is 2. The van der Waals surface area contributed by atoms with Crippen molar-refractivity contribution in [1.82, 2.24) is 9.71 Å². The highest BCUT2D eigenvalue weighted by molar-refractivity contribution is 7.89. The second-order valence-electron chi connectivity index (χ2n) is 5.92. The van der Waals surface area contributed by atoms with Gasteiger partial charge in [-0.15, -0.1) is 22.7 Å². The number of hydrogen-bond acceptors (Lipinski definition) is 6. The van der Waals surface area contributed by atoms with Crippen molar-refractivity contribution in [1.29, 1.82) is 0 Å². The summed E-state index contributed by atoms with van der Waals surface area (Å²) in [6.07, 6.45) is 0.695. The number of thiophene rings is 1. The fraction of sp³-hybridized carbons (Fsp3) is 0.222. The van der Waals surface area contributed by atoms with Crippen LogP contribution >= 0.6 is 22.7 Å². The zero-order valence-corrected chi connectivity index (χ0v) is 17.2. The molecule has 2 N–H and O–H groups in total. The van der Waals surface area contributed by atoms with Crippen molar-refractivity contribution < 1.29 is 13.2 Å². The molecular weight excluding hydrogens is 402 g/mol. The van der Waals surface area contributed by atoms with E-state index < -0.39 is 10.0 Å².